The summed E-state index contributed by atoms with van der Waals surface area (Å²) in [7, 11) is -2.29. The SMILES string of the molecule is CCOC(=O)N=[SH](=O)c1ccc(Nc2ncc(-c3ccc(NC(=O)Nc4ccccn4)cc3)c(NC(C)CO)n2)cc1. The molecule has 14 heteroatoms. The van der Waals surface area contributed by atoms with Crippen molar-refractivity contribution in [3.63, 3.8) is 0 Å². The molecular weight excluding hydrogens is 560 g/mol. The monoisotopic (exact) mass is 590 g/mol. The highest BCUT2D eigenvalue weighted by atomic mass is 32.2. The van der Waals surface area contributed by atoms with E-state index in [9.17, 15) is 18.9 Å². The maximum atomic E-state index is 12.3. The first-order valence-corrected chi connectivity index (χ1v) is 14.1. The Kier molecular flexibility index (Phi) is 10.3. The number of carbonyl (C=O) groups is 2. The minimum absolute atomic E-state index is 0.114. The van der Waals surface area contributed by atoms with Crippen LogP contribution in [0.25, 0.3) is 11.1 Å². The molecule has 4 aromatic rings. The zero-order chi connectivity index (χ0) is 29.9. The van der Waals surface area contributed by atoms with Crippen molar-refractivity contribution in [2.45, 2.75) is 24.8 Å². The van der Waals surface area contributed by atoms with Crippen LogP contribution in [0.4, 0.5) is 38.5 Å². The smallest absolute Gasteiger partial charge is 0.441 e. The first-order chi connectivity index (χ1) is 20.3. The Bertz CT molecular complexity index is 1600. The number of amides is 3. The molecule has 2 aromatic carbocycles. The molecule has 2 aromatic heterocycles. The molecular formula is C28H30N8O5S. The average molecular weight is 591 g/mol. The van der Waals surface area contributed by atoms with Gasteiger partial charge in [-0.2, -0.15) is 4.98 Å². The average Bonchev–Trinajstić information content (AvgIpc) is 2.98. The van der Waals surface area contributed by atoms with Crippen LogP contribution < -0.4 is 21.3 Å². The molecule has 3 amide bonds. The summed E-state index contributed by atoms with van der Waals surface area (Å²) in [6.07, 6.45) is 2.35. The molecule has 4 rings (SSSR count). The van der Waals surface area contributed by atoms with Gasteiger partial charge >= 0.3 is 12.1 Å². The lowest BCUT2D eigenvalue weighted by Crippen LogP contribution is -2.21. The minimum atomic E-state index is -2.29. The van der Waals surface area contributed by atoms with E-state index in [0.717, 1.165) is 5.56 Å². The van der Waals surface area contributed by atoms with Crippen LogP contribution in [0, 0.1) is 0 Å². The lowest BCUT2D eigenvalue weighted by Gasteiger charge is -2.17. The Hall–Kier alpha value is -5.08. The van der Waals surface area contributed by atoms with E-state index in [1.807, 2.05) is 19.1 Å². The quantitative estimate of drug-likeness (QED) is 0.139. The fourth-order valence-electron chi connectivity index (χ4n) is 3.58. The Morgan fingerprint density at radius 3 is 2.40 bits per heavy atom. The molecule has 0 radical (unpaired) electrons. The van der Waals surface area contributed by atoms with Gasteiger partial charge in [-0.15, -0.1) is 4.36 Å². The van der Waals surface area contributed by atoms with Gasteiger partial charge in [-0.05, 0) is 67.9 Å². The summed E-state index contributed by atoms with van der Waals surface area (Å²) in [5.41, 5.74) is 2.65. The topological polar surface area (TPSA) is 180 Å². The molecule has 0 spiro atoms. The highest BCUT2D eigenvalue weighted by molar-refractivity contribution is 7.75. The van der Waals surface area contributed by atoms with E-state index in [-0.39, 0.29) is 25.2 Å². The number of anilines is 5. The summed E-state index contributed by atoms with van der Waals surface area (Å²) < 4.78 is 20.5. The number of benzene rings is 2. The van der Waals surface area contributed by atoms with Crippen molar-refractivity contribution in [2.24, 2.45) is 4.36 Å². The number of pyridine rings is 1. The Morgan fingerprint density at radius 2 is 1.74 bits per heavy atom. The van der Waals surface area contributed by atoms with Gasteiger partial charge in [-0.3, -0.25) is 5.32 Å². The van der Waals surface area contributed by atoms with E-state index >= 15 is 0 Å². The van der Waals surface area contributed by atoms with Crippen molar-refractivity contribution in [3.8, 4) is 11.1 Å². The van der Waals surface area contributed by atoms with Crippen LogP contribution >= 0.6 is 0 Å². The van der Waals surface area contributed by atoms with Crippen LogP contribution in [0.3, 0.4) is 0 Å². The number of ether oxygens (including phenoxy) is 1. The van der Waals surface area contributed by atoms with E-state index in [1.54, 1.807) is 73.9 Å². The van der Waals surface area contributed by atoms with Crippen LogP contribution in [-0.4, -0.2) is 55.6 Å². The number of thiol groups is 1. The lowest BCUT2D eigenvalue weighted by atomic mass is 10.1. The van der Waals surface area contributed by atoms with Crippen molar-refractivity contribution in [2.75, 3.05) is 34.5 Å². The molecule has 0 aliphatic carbocycles. The van der Waals surface area contributed by atoms with Gasteiger partial charge in [0.25, 0.3) is 0 Å². The summed E-state index contributed by atoms with van der Waals surface area (Å²) in [5.74, 6) is 1.20. The van der Waals surface area contributed by atoms with E-state index in [4.69, 9.17) is 4.74 Å². The zero-order valence-electron chi connectivity index (χ0n) is 22.8. The summed E-state index contributed by atoms with van der Waals surface area (Å²) in [5, 5.41) is 21.3. The van der Waals surface area contributed by atoms with Crippen LogP contribution in [0.2, 0.25) is 0 Å². The number of aromatic nitrogens is 3. The van der Waals surface area contributed by atoms with Crippen LogP contribution in [-0.2, 0) is 15.3 Å². The van der Waals surface area contributed by atoms with Crippen molar-refractivity contribution in [1.82, 2.24) is 15.0 Å². The number of hydrogen-bond donors (Lipinski definition) is 6. The molecule has 13 nitrogen and oxygen atoms in total. The number of rotatable bonds is 10. The summed E-state index contributed by atoms with van der Waals surface area (Å²) in [6.45, 7) is 3.49. The molecule has 0 aliphatic rings. The van der Waals surface area contributed by atoms with Crippen molar-refractivity contribution < 1.29 is 23.6 Å². The second kappa shape index (κ2) is 14.5. The number of aliphatic hydroxyl groups excluding tert-OH is 1. The van der Waals surface area contributed by atoms with E-state index < -0.39 is 22.7 Å². The maximum Gasteiger partial charge on any atom is 0.441 e. The van der Waals surface area contributed by atoms with Crippen LogP contribution in [0.5, 0.6) is 0 Å². The first-order valence-electron chi connectivity index (χ1n) is 12.9. The van der Waals surface area contributed by atoms with Crippen molar-refractivity contribution >= 4 is 51.7 Å². The lowest BCUT2D eigenvalue weighted by molar-refractivity contribution is 0.164. The molecule has 2 unspecified atom stereocenters. The standard InChI is InChI=1S/C28H30N8O5S/c1-3-41-28(39)36-42(40)22-13-11-20(12-14-22)32-26-30-16-23(25(35-26)31-18(2)17-37)19-7-9-21(10-8-19)33-27(38)34-24-6-4-5-15-29-24/h4-16,18,37,42H,3,17H2,1-2H3,(H2,29,33,34,38)(H2,30,31,32,35). The number of nitrogens with zero attached hydrogens (tertiary/aromatic N) is 4. The molecule has 218 valence electrons. The third kappa shape index (κ3) is 8.46. The van der Waals surface area contributed by atoms with Crippen LogP contribution in [0.15, 0.2) is 88.4 Å². The Morgan fingerprint density at radius 1 is 1.00 bits per heavy atom. The Labute approximate surface area is 244 Å². The van der Waals surface area contributed by atoms with Gasteiger partial charge in [0.15, 0.2) is 0 Å². The molecule has 2 atom stereocenters. The van der Waals surface area contributed by atoms with E-state index in [0.29, 0.717) is 33.5 Å². The summed E-state index contributed by atoms with van der Waals surface area (Å²) >= 11 is 0. The summed E-state index contributed by atoms with van der Waals surface area (Å²) in [4.78, 5) is 37.2. The number of urea groups is 1. The molecule has 0 saturated heterocycles. The molecule has 0 fully saturated rings. The number of aliphatic hydroxyl groups is 1. The fourth-order valence-corrected chi connectivity index (χ4v) is 4.30. The van der Waals surface area contributed by atoms with Gasteiger partial charge in [0, 0.05) is 40.3 Å². The predicted octanol–water partition coefficient (Wildman–Crippen LogP) is 4.90. The van der Waals surface area contributed by atoms with E-state index in [2.05, 4.69) is 40.6 Å². The van der Waals surface area contributed by atoms with Crippen molar-refractivity contribution in [1.29, 1.82) is 0 Å². The van der Waals surface area contributed by atoms with Crippen molar-refractivity contribution in [3.05, 3.63) is 79.1 Å². The normalized spacial score (nSPS) is 12.2. The third-order valence-electron chi connectivity index (χ3n) is 5.59. The number of carbonyl (C=O) groups excluding carboxylic acids is 2. The minimum Gasteiger partial charge on any atom is -0.448 e. The zero-order valence-corrected chi connectivity index (χ0v) is 23.7. The summed E-state index contributed by atoms with van der Waals surface area (Å²) in [6, 6.07) is 18.1. The third-order valence-corrected chi connectivity index (χ3v) is 6.68. The van der Waals surface area contributed by atoms with Crippen LogP contribution in [0.1, 0.15) is 13.8 Å². The number of nitrogens with one attached hydrogen (secondary N) is 4. The van der Waals surface area contributed by atoms with Gasteiger partial charge in [-0.1, -0.05) is 18.2 Å². The first kappa shape index (κ1) is 29.9. The predicted molar refractivity (Wildman–Crippen MR) is 161 cm³/mol. The van der Waals surface area contributed by atoms with Gasteiger partial charge < -0.3 is 25.8 Å². The molecule has 2 heterocycles. The van der Waals surface area contributed by atoms with Gasteiger partial charge in [0.2, 0.25) is 5.95 Å². The Balaban J connectivity index is 1.49. The molecule has 42 heavy (non-hydrogen) atoms. The van der Waals surface area contributed by atoms with Gasteiger partial charge in [-0.25, -0.2) is 23.8 Å². The second-order valence-electron chi connectivity index (χ2n) is 8.80. The van der Waals surface area contributed by atoms with Gasteiger partial charge in [0.05, 0.1) is 23.8 Å². The fraction of sp³-hybridized carbons (Fsp3) is 0.179. The second-order valence-corrected chi connectivity index (χ2v) is 10.1. The highest BCUT2D eigenvalue weighted by Gasteiger charge is 2.13. The highest BCUT2D eigenvalue weighted by Crippen LogP contribution is 2.29. The molecule has 0 saturated carbocycles. The maximum absolute atomic E-state index is 12.3. The largest absolute Gasteiger partial charge is 0.448 e. The molecule has 5 N–H and O–H groups in total. The molecule has 0 bridgehead atoms. The van der Waals surface area contributed by atoms with E-state index in [1.165, 1.54) is 0 Å². The number of hydrogen-bond acceptors (Lipinski definition) is 10. The molecule has 0 aliphatic heterocycles. The van der Waals surface area contributed by atoms with Gasteiger partial charge in [0.1, 0.15) is 11.6 Å².